The molecule has 0 heterocycles. The van der Waals surface area contributed by atoms with Crippen LogP contribution in [0.5, 0.6) is 17.2 Å². The SMILES string of the molecule is C.C.COC.COc1ccc(Cc2ccc(OC)cc2)cc1.COc1ccccc1. The summed E-state index contributed by atoms with van der Waals surface area (Å²) in [7, 11) is 8.27. The van der Waals surface area contributed by atoms with Crippen LogP contribution in [0.2, 0.25) is 0 Å². The molecule has 0 saturated carbocycles. The average Bonchev–Trinajstić information content (AvgIpc) is 2.76. The highest BCUT2D eigenvalue weighted by Gasteiger charge is 1.98. The van der Waals surface area contributed by atoms with E-state index in [1.807, 2.05) is 54.6 Å². The van der Waals surface area contributed by atoms with E-state index in [2.05, 4.69) is 29.0 Å². The Kier molecular flexibility index (Phi) is 17.6. The van der Waals surface area contributed by atoms with E-state index in [4.69, 9.17) is 14.2 Å². The summed E-state index contributed by atoms with van der Waals surface area (Å²) in [6.45, 7) is 0. The van der Waals surface area contributed by atoms with E-state index in [0.29, 0.717) is 0 Å². The zero-order valence-corrected chi connectivity index (χ0v) is 17.3. The number of para-hydroxylation sites is 1. The first-order valence-electron chi connectivity index (χ1n) is 8.91. The third-order valence-corrected chi connectivity index (χ3v) is 3.71. The molecule has 166 valence electrons. The molecule has 3 rings (SSSR count). The van der Waals surface area contributed by atoms with Gasteiger partial charge in [-0.25, -0.2) is 0 Å². The monoisotopic (exact) mass is 414 g/mol. The first-order valence-corrected chi connectivity index (χ1v) is 8.91. The molecule has 0 atom stereocenters. The third-order valence-electron chi connectivity index (χ3n) is 3.71. The maximum absolute atomic E-state index is 5.13. The summed E-state index contributed by atoms with van der Waals surface area (Å²) in [6, 6.07) is 26.0. The second kappa shape index (κ2) is 18.1. The summed E-state index contributed by atoms with van der Waals surface area (Å²) >= 11 is 0. The smallest absolute Gasteiger partial charge is 0.118 e. The minimum Gasteiger partial charge on any atom is -0.497 e. The van der Waals surface area contributed by atoms with Gasteiger partial charge in [-0.15, -0.1) is 0 Å². The van der Waals surface area contributed by atoms with Crippen LogP contribution in [-0.4, -0.2) is 35.5 Å². The fourth-order valence-electron chi connectivity index (χ4n) is 2.28. The van der Waals surface area contributed by atoms with Gasteiger partial charge in [-0.05, 0) is 53.9 Å². The Bertz CT molecular complexity index is 693. The van der Waals surface area contributed by atoms with Crippen molar-refractivity contribution in [2.75, 3.05) is 35.5 Å². The minimum atomic E-state index is 0. The molecule has 4 heteroatoms. The molecule has 0 spiro atoms. The Hall–Kier alpha value is -2.98. The van der Waals surface area contributed by atoms with Gasteiger partial charge < -0.3 is 18.9 Å². The van der Waals surface area contributed by atoms with Crippen molar-refractivity contribution in [2.24, 2.45) is 0 Å². The van der Waals surface area contributed by atoms with Crippen molar-refractivity contribution in [1.82, 2.24) is 0 Å². The lowest BCUT2D eigenvalue weighted by Crippen LogP contribution is -1.89. The molecule has 0 radical (unpaired) electrons. The second-order valence-corrected chi connectivity index (χ2v) is 5.80. The van der Waals surface area contributed by atoms with Crippen molar-refractivity contribution in [1.29, 1.82) is 0 Å². The van der Waals surface area contributed by atoms with E-state index in [1.54, 1.807) is 35.5 Å². The fraction of sp³-hybridized carbons (Fsp3) is 0.308. The van der Waals surface area contributed by atoms with Crippen LogP contribution in [-0.2, 0) is 11.2 Å². The van der Waals surface area contributed by atoms with E-state index >= 15 is 0 Å². The van der Waals surface area contributed by atoms with Gasteiger partial charge in [0.1, 0.15) is 17.2 Å². The van der Waals surface area contributed by atoms with E-state index in [0.717, 1.165) is 23.7 Å². The van der Waals surface area contributed by atoms with Gasteiger partial charge in [0.25, 0.3) is 0 Å². The molecule has 3 aromatic rings. The van der Waals surface area contributed by atoms with Crippen molar-refractivity contribution >= 4 is 0 Å². The summed E-state index contributed by atoms with van der Waals surface area (Å²) in [4.78, 5) is 0. The Morgan fingerprint density at radius 1 is 0.467 bits per heavy atom. The molecule has 4 nitrogen and oxygen atoms in total. The zero-order valence-electron chi connectivity index (χ0n) is 17.3. The summed E-state index contributed by atoms with van der Waals surface area (Å²) in [5.41, 5.74) is 2.55. The van der Waals surface area contributed by atoms with E-state index in [-0.39, 0.29) is 14.9 Å². The van der Waals surface area contributed by atoms with Crippen LogP contribution in [0.4, 0.5) is 0 Å². The number of rotatable bonds is 5. The third kappa shape index (κ3) is 11.8. The van der Waals surface area contributed by atoms with E-state index < -0.39 is 0 Å². The van der Waals surface area contributed by atoms with E-state index in [9.17, 15) is 0 Å². The van der Waals surface area contributed by atoms with Crippen LogP contribution in [0.1, 0.15) is 26.0 Å². The first-order chi connectivity index (χ1) is 13.7. The average molecular weight is 415 g/mol. The van der Waals surface area contributed by atoms with Gasteiger partial charge in [-0.1, -0.05) is 57.3 Å². The summed E-state index contributed by atoms with van der Waals surface area (Å²) in [6.07, 6.45) is 0.925. The molecule has 0 aromatic heterocycles. The van der Waals surface area contributed by atoms with Gasteiger partial charge in [-0.2, -0.15) is 0 Å². The number of ether oxygens (including phenoxy) is 4. The molecule has 0 aliphatic heterocycles. The minimum absolute atomic E-state index is 0. The number of methoxy groups -OCH3 is 4. The Morgan fingerprint density at radius 2 is 0.767 bits per heavy atom. The topological polar surface area (TPSA) is 36.9 Å². The van der Waals surface area contributed by atoms with Crippen LogP contribution in [0, 0.1) is 0 Å². The Balaban J connectivity index is 0. The molecule has 0 bridgehead atoms. The lowest BCUT2D eigenvalue weighted by Gasteiger charge is -2.05. The lowest BCUT2D eigenvalue weighted by atomic mass is 10.0. The molecule has 0 aliphatic rings. The van der Waals surface area contributed by atoms with Crippen LogP contribution in [0.3, 0.4) is 0 Å². The standard InChI is InChI=1S/C15H16O2.C7H8O.C2H6O.2CH4/c1-16-14-7-3-12(4-8-14)11-13-5-9-15(17-2)10-6-13;1-8-7-5-3-2-4-6-7;1-3-2;;/h3-10H,11H2,1-2H3;2-6H,1H3;1-2H3;2*1H4. The van der Waals surface area contributed by atoms with Gasteiger partial charge in [0.05, 0.1) is 21.3 Å². The van der Waals surface area contributed by atoms with Gasteiger partial charge in [0, 0.05) is 14.2 Å². The van der Waals surface area contributed by atoms with Crippen LogP contribution in [0.15, 0.2) is 78.9 Å². The summed E-state index contributed by atoms with van der Waals surface area (Å²) in [5, 5.41) is 0. The van der Waals surface area contributed by atoms with Gasteiger partial charge in [0.2, 0.25) is 0 Å². The Labute approximate surface area is 183 Å². The van der Waals surface area contributed by atoms with Crippen LogP contribution < -0.4 is 14.2 Å². The van der Waals surface area contributed by atoms with Crippen LogP contribution in [0.25, 0.3) is 0 Å². The maximum atomic E-state index is 5.13. The largest absolute Gasteiger partial charge is 0.497 e. The highest BCUT2D eigenvalue weighted by Crippen LogP contribution is 2.17. The Morgan fingerprint density at radius 3 is 1.03 bits per heavy atom. The first kappa shape index (κ1) is 29.2. The lowest BCUT2D eigenvalue weighted by molar-refractivity contribution is 0.277. The molecule has 0 unspecified atom stereocenters. The molecule has 30 heavy (non-hydrogen) atoms. The molecule has 0 N–H and O–H groups in total. The maximum Gasteiger partial charge on any atom is 0.118 e. The van der Waals surface area contributed by atoms with E-state index in [1.165, 1.54) is 11.1 Å². The van der Waals surface area contributed by atoms with Crippen molar-refractivity contribution < 1.29 is 18.9 Å². The predicted octanol–water partition coefficient (Wildman–Crippen LogP) is 6.52. The summed E-state index contributed by atoms with van der Waals surface area (Å²) in [5.74, 6) is 2.69. The molecule has 0 fully saturated rings. The number of hydrogen-bond donors (Lipinski definition) is 0. The quantitative estimate of drug-likeness (QED) is 0.476. The second-order valence-electron chi connectivity index (χ2n) is 5.80. The molecule has 0 amide bonds. The molecule has 3 aromatic carbocycles. The number of benzene rings is 3. The van der Waals surface area contributed by atoms with Crippen molar-refractivity contribution in [2.45, 2.75) is 21.3 Å². The summed E-state index contributed by atoms with van der Waals surface area (Å²) < 4.78 is 19.4. The van der Waals surface area contributed by atoms with Crippen molar-refractivity contribution in [3.63, 3.8) is 0 Å². The highest BCUT2D eigenvalue weighted by molar-refractivity contribution is 5.33. The molecule has 0 aliphatic carbocycles. The van der Waals surface area contributed by atoms with Gasteiger partial charge >= 0.3 is 0 Å². The molecular weight excluding hydrogens is 376 g/mol. The molecular formula is C26H38O4. The zero-order chi connectivity index (χ0) is 20.6. The highest BCUT2D eigenvalue weighted by atomic mass is 16.5. The fourth-order valence-corrected chi connectivity index (χ4v) is 2.28. The van der Waals surface area contributed by atoms with Gasteiger partial charge in [0.15, 0.2) is 0 Å². The molecule has 0 saturated heterocycles. The van der Waals surface area contributed by atoms with Crippen molar-refractivity contribution in [3.8, 4) is 17.2 Å². The normalized spacial score (nSPS) is 8.57. The van der Waals surface area contributed by atoms with Crippen molar-refractivity contribution in [3.05, 3.63) is 90.0 Å². The predicted molar refractivity (Wildman–Crippen MR) is 128 cm³/mol. The van der Waals surface area contributed by atoms with Gasteiger partial charge in [-0.3, -0.25) is 0 Å². The van der Waals surface area contributed by atoms with Crippen LogP contribution >= 0.6 is 0 Å². The number of hydrogen-bond acceptors (Lipinski definition) is 4.